The number of hydrazone groups is 1. The number of fused-ring (bicyclic) bond motifs is 4. The molecule has 2 aliphatic heterocycles. The summed E-state index contributed by atoms with van der Waals surface area (Å²) in [5.74, 6) is 1.92. The Kier molecular flexibility index (Phi) is 3.66. The molecule has 1 fully saturated rings. The van der Waals surface area contributed by atoms with Gasteiger partial charge in [0.25, 0.3) is 0 Å². The molecule has 26 heavy (non-hydrogen) atoms. The number of hydrogen-bond acceptors (Lipinski definition) is 4. The van der Waals surface area contributed by atoms with Crippen LogP contribution in [0.1, 0.15) is 55.7 Å². The number of para-hydroxylation sites is 1. The Morgan fingerprint density at radius 1 is 1.04 bits per heavy atom. The maximum Gasteiger partial charge on any atom is 0.198 e. The molecule has 0 N–H and O–H groups in total. The first kappa shape index (κ1) is 15.7. The molecule has 2 aromatic rings. The van der Waals surface area contributed by atoms with E-state index in [1.54, 1.807) is 7.11 Å². The van der Waals surface area contributed by atoms with Crippen LogP contribution in [0.3, 0.4) is 0 Å². The predicted octanol–water partition coefficient (Wildman–Crippen LogP) is 4.90. The van der Waals surface area contributed by atoms with Gasteiger partial charge in [-0.05, 0) is 48.7 Å². The van der Waals surface area contributed by atoms with E-state index in [0.29, 0.717) is 0 Å². The molecule has 0 saturated heterocycles. The van der Waals surface area contributed by atoms with E-state index >= 15 is 0 Å². The molecule has 1 spiro atoms. The van der Waals surface area contributed by atoms with Crippen LogP contribution in [-0.2, 0) is 0 Å². The highest BCUT2D eigenvalue weighted by molar-refractivity contribution is 6.02. The van der Waals surface area contributed by atoms with Crippen molar-refractivity contribution >= 4 is 5.71 Å². The van der Waals surface area contributed by atoms with E-state index < -0.39 is 0 Å². The average Bonchev–Trinajstić information content (AvgIpc) is 3.16. The predicted molar refractivity (Wildman–Crippen MR) is 102 cm³/mol. The van der Waals surface area contributed by atoms with Crippen molar-refractivity contribution in [1.82, 2.24) is 5.01 Å². The third-order valence-electron chi connectivity index (χ3n) is 5.96. The molecule has 5 rings (SSSR count). The summed E-state index contributed by atoms with van der Waals surface area (Å²) in [7, 11) is 1.70. The highest BCUT2D eigenvalue weighted by Gasteiger charge is 2.50. The van der Waals surface area contributed by atoms with Crippen LogP contribution in [0.4, 0.5) is 0 Å². The monoisotopic (exact) mass is 348 g/mol. The number of rotatable bonds is 2. The minimum atomic E-state index is -0.272. The second kappa shape index (κ2) is 6.04. The summed E-state index contributed by atoms with van der Waals surface area (Å²) in [4.78, 5) is 0. The smallest absolute Gasteiger partial charge is 0.198 e. The fourth-order valence-electron chi connectivity index (χ4n) is 4.62. The lowest BCUT2D eigenvalue weighted by Crippen LogP contribution is -2.54. The van der Waals surface area contributed by atoms with E-state index in [-0.39, 0.29) is 11.8 Å². The van der Waals surface area contributed by atoms with Gasteiger partial charge in [-0.1, -0.05) is 24.6 Å². The zero-order valence-electron chi connectivity index (χ0n) is 15.1. The topological polar surface area (TPSA) is 34.1 Å². The van der Waals surface area contributed by atoms with Crippen molar-refractivity contribution in [3.63, 3.8) is 0 Å². The van der Waals surface area contributed by atoms with Crippen molar-refractivity contribution in [3.05, 3.63) is 59.7 Å². The molecule has 1 aliphatic carbocycles. The zero-order chi connectivity index (χ0) is 17.6. The minimum absolute atomic E-state index is 0.272. The van der Waals surface area contributed by atoms with Gasteiger partial charge in [0.1, 0.15) is 11.5 Å². The van der Waals surface area contributed by atoms with Crippen LogP contribution < -0.4 is 9.47 Å². The number of methoxy groups -OCH3 is 1. The van der Waals surface area contributed by atoms with E-state index in [1.165, 1.54) is 30.4 Å². The van der Waals surface area contributed by atoms with E-state index in [9.17, 15) is 0 Å². The van der Waals surface area contributed by atoms with Gasteiger partial charge >= 0.3 is 0 Å². The Bertz CT molecular complexity index is 837. The molecule has 134 valence electrons. The summed E-state index contributed by atoms with van der Waals surface area (Å²) in [5, 5.41) is 7.38. The van der Waals surface area contributed by atoms with Gasteiger partial charge in [-0.25, -0.2) is 5.01 Å². The maximum atomic E-state index is 6.59. The molecule has 2 aromatic carbocycles. The summed E-state index contributed by atoms with van der Waals surface area (Å²) < 4.78 is 11.9. The number of ether oxygens (including phenoxy) is 2. The van der Waals surface area contributed by atoms with Crippen molar-refractivity contribution in [3.8, 4) is 11.5 Å². The van der Waals surface area contributed by atoms with E-state index in [4.69, 9.17) is 14.6 Å². The van der Waals surface area contributed by atoms with Crippen LogP contribution in [0.25, 0.3) is 0 Å². The second-order valence-electron chi connectivity index (χ2n) is 7.49. The van der Waals surface area contributed by atoms with Gasteiger partial charge in [0.15, 0.2) is 5.72 Å². The highest BCUT2D eigenvalue weighted by Crippen LogP contribution is 2.51. The Labute approximate surface area is 154 Å². The molecular formula is C22H24N2O2. The zero-order valence-corrected chi connectivity index (χ0v) is 15.1. The lowest BCUT2D eigenvalue weighted by molar-refractivity contribution is -0.140. The molecular weight excluding hydrogens is 324 g/mol. The van der Waals surface area contributed by atoms with Crippen LogP contribution in [0.5, 0.6) is 11.5 Å². The summed E-state index contributed by atoms with van der Waals surface area (Å²) in [6.07, 6.45) is 6.74. The Hall–Kier alpha value is -2.49. The first-order chi connectivity index (χ1) is 12.8. The van der Waals surface area contributed by atoms with Crippen molar-refractivity contribution in [2.45, 2.75) is 50.3 Å². The number of benzene rings is 2. The van der Waals surface area contributed by atoms with Gasteiger partial charge in [0.2, 0.25) is 0 Å². The lowest BCUT2D eigenvalue weighted by Gasteiger charge is -2.49. The van der Waals surface area contributed by atoms with Gasteiger partial charge in [-0.15, -0.1) is 0 Å². The first-order valence-electron chi connectivity index (χ1n) is 9.58. The van der Waals surface area contributed by atoms with Crippen molar-refractivity contribution in [2.75, 3.05) is 7.11 Å². The van der Waals surface area contributed by atoms with Crippen molar-refractivity contribution in [2.24, 2.45) is 5.10 Å². The van der Waals surface area contributed by atoms with E-state index in [0.717, 1.165) is 36.5 Å². The lowest BCUT2D eigenvalue weighted by atomic mass is 9.86. The maximum absolute atomic E-state index is 6.59. The molecule has 0 unspecified atom stereocenters. The van der Waals surface area contributed by atoms with Crippen LogP contribution in [0, 0.1) is 0 Å². The van der Waals surface area contributed by atoms with Gasteiger partial charge in [0, 0.05) is 24.8 Å². The average molecular weight is 348 g/mol. The highest BCUT2D eigenvalue weighted by atomic mass is 16.5. The third-order valence-corrected chi connectivity index (χ3v) is 5.96. The standard InChI is InChI=1S/C22H24N2O2/c1-25-17-11-9-16(10-12-17)19-15-20-18-7-3-4-8-21(18)26-22(24(20)23-19)13-5-2-6-14-22/h3-4,7-12,20H,2,5-6,13-15H2,1H3/t20-/m0/s1. The van der Waals surface area contributed by atoms with E-state index in [1.807, 2.05) is 12.1 Å². The normalized spacial score (nSPS) is 23.0. The number of nitrogens with zero attached hydrogens (tertiary/aromatic N) is 2. The van der Waals surface area contributed by atoms with Gasteiger partial charge in [-0.3, -0.25) is 0 Å². The third kappa shape index (κ3) is 2.39. The van der Waals surface area contributed by atoms with Crippen molar-refractivity contribution in [1.29, 1.82) is 0 Å². The summed E-state index contributed by atoms with van der Waals surface area (Å²) >= 11 is 0. The molecule has 1 atom stereocenters. The van der Waals surface area contributed by atoms with Crippen LogP contribution >= 0.6 is 0 Å². The van der Waals surface area contributed by atoms with Gasteiger partial charge < -0.3 is 9.47 Å². The van der Waals surface area contributed by atoms with Gasteiger partial charge in [-0.2, -0.15) is 5.10 Å². The fraction of sp³-hybridized carbons (Fsp3) is 0.409. The minimum Gasteiger partial charge on any atom is -0.497 e. The number of hydrogen-bond donors (Lipinski definition) is 0. The molecule has 0 amide bonds. The molecule has 1 saturated carbocycles. The van der Waals surface area contributed by atoms with Crippen LogP contribution in [0.2, 0.25) is 0 Å². The molecule has 0 radical (unpaired) electrons. The molecule has 2 heterocycles. The SMILES string of the molecule is COc1ccc(C2=NN3[C@@H](C2)c2ccccc2OC32CCCCC2)cc1. The quantitative estimate of drug-likeness (QED) is 0.774. The molecule has 4 heteroatoms. The Morgan fingerprint density at radius 2 is 1.81 bits per heavy atom. The summed E-state index contributed by atoms with van der Waals surface area (Å²) in [6.45, 7) is 0. The van der Waals surface area contributed by atoms with Gasteiger partial charge in [0.05, 0.1) is 18.9 Å². The molecule has 4 nitrogen and oxygen atoms in total. The van der Waals surface area contributed by atoms with Crippen molar-refractivity contribution < 1.29 is 9.47 Å². The second-order valence-corrected chi connectivity index (χ2v) is 7.49. The molecule has 0 aromatic heterocycles. The Balaban J connectivity index is 1.56. The molecule has 3 aliphatic rings. The largest absolute Gasteiger partial charge is 0.497 e. The Morgan fingerprint density at radius 3 is 2.58 bits per heavy atom. The van der Waals surface area contributed by atoms with Crippen LogP contribution in [0.15, 0.2) is 53.6 Å². The summed E-state index contributed by atoms with van der Waals surface area (Å²) in [5.41, 5.74) is 3.30. The van der Waals surface area contributed by atoms with Crippen LogP contribution in [-0.4, -0.2) is 23.6 Å². The first-order valence-corrected chi connectivity index (χ1v) is 9.58. The summed E-state index contributed by atoms with van der Waals surface area (Å²) in [6, 6.07) is 17.0. The van der Waals surface area contributed by atoms with E-state index in [2.05, 4.69) is 41.4 Å². The fourth-order valence-corrected chi connectivity index (χ4v) is 4.62. The molecule has 0 bridgehead atoms.